The maximum Gasteiger partial charge on any atom is 0.129 e. The van der Waals surface area contributed by atoms with E-state index in [1.54, 1.807) is 6.92 Å². The Labute approximate surface area is 88.0 Å². The molecule has 2 nitrogen and oxygen atoms in total. The summed E-state index contributed by atoms with van der Waals surface area (Å²) in [5.41, 5.74) is 5.76. The SMILES string of the molecule is COC(C)C(N)Cc1c(F)cccc1F. The first kappa shape index (κ1) is 12.1. The molecular weight excluding hydrogens is 200 g/mol. The fourth-order valence-corrected chi connectivity index (χ4v) is 1.30. The van der Waals surface area contributed by atoms with Gasteiger partial charge < -0.3 is 10.5 Å². The smallest absolute Gasteiger partial charge is 0.129 e. The lowest BCUT2D eigenvalue weighted by Gasteiger charge is -2.18. The number of hydrogen-bond acceptors (Lipinski definition) is 2. The summed E-state index contributed by atoms with van der Waals surface area (Å²) in [6.45, 7) is 1.77. The Morgan fingerprint density at radius 3 is 2.33 bits per heavy atom. The van der Waals surface area contributed by atoms with Gasteiger partial charge >= 0.3 is 0 Å². The van der Waals surface area contributed by atoms with Gasteiger partial charge in [0.15, 0.2) is 0 Å². The zero-order valence-electron chi connectivity index (χ0n) is 8.84. The second-order valence-corrected chi connectivity index (χ2v) is 3.51. The number of rotatable bonds is 4. The average Bonchev–Trinajstić information content (AvgIpc) is 2.22. The van der Waals surface area contributed by atoms with Gasteiger partial charge in [-0.3, -0.25) is 0 Å². The van der Waals surface area contributed by atoms with Crippen LogP contribution >= 0.6 is 0 Å². The Hall–Kier alpha value is -1.00. The first-order valence-electron chi connectivity index (χ1n) is 4.77. The first-order valence-corrected chi connectivity index (χ1v) is 4.77. The van der Waals surface area contributed by atoms with Gasteiger partial charge in [-0.15, -0.1) is 0 Å². The molecule has 84 valence electrons. The van der Waals surface area contributed by atoms with E-state index in [9.17, 15) is 8.78 Å². The molecule has 2 N–H and O–H groups in total. The van der Waals surface area contributed by atoms with Crippen molar-refractivity contribution < 1.29 is 13.5 Å². The molecule has 2 atom stereocenters. The molecule has 0 aliphatic carbocycles. The average molecular weight is 215 g/mol. The molecule has 0 heterocycles. The molecule has 1 aromatic carbocycles. The third-order valence-electron chi connectivity index (χ3n) is 2.48. The summed E-state index contributed by atoms with van der Waals surface area (Å²) in [6.07, 6.45) is -0.0999. The number of ether oxygens (including phenoxy) is 1. The summed E-state index contributed by atoms with van der Waals surface area (Å²) in [5, 5.41) is 0. The second kappa shape index (κ2) is 5.19. The normalized spacial score (nSPS) is 15.0. The van der Waals surface area contributed by atoms with Gasteiger partial charge in [-0.2, -0.15) is 0 Å². The van der Waals surface area contributed by atoms with E-state index in [-0.39, 0.29) is 18.1 Å². The molecular formula is C11H15F2NO. The van der Waals surface area contributed by atoms with Gasteiger partial charge in [0.2, 0.25) is 0 Å². The molecule has 0 aliphatic rings. The van der Waals surface area contributed by atoms with Crippen molar-refractivity contribution in [3.63, 3.8) is 0 Å². The predicted molar refractivity (Wildman–Crippen MR) is 54.5 cm³/mol. The molecule has 0 saturated heterocycles. The van der Waals surface area contributed by atoms with Gasteiger partial charge in [0, 0.05) is 18.7 Å². The van der Waals surface area contributed by atoms with Crippen molar-refractivity contribution in [3.8, 4) is 0 Å². The summed E-state index contributed by atoms with van der Waals surface area (Å²) in [5.74, 6) is -1.12. The summed E-state index contributed by atoms with van der Waals surface area (Å²) in [7, 11) is 1.52. The summed E-state index contributed by atoms with van der Waals surface area (Å²) in [4.78, 5) is 0. The summed E-state index contributed by atoms with van der Waals surface area (Å²) < 4.78 is 31.5. The number of hydrogen-bond donors (Lipinski definition) is 1. The van der Waals surface area contributed by atoms with E-state index in [1.807, 2.05) is 0 Å². The van der Waals surface area contributed by atoms with Gasteiger partial charge in [0.05, 0.1) is 6.10 Å². The van der Waals surface area contributed by atoms with E-state index < -0.39 is 17.7 Å². The van der Waals surface area contributed by atoms with Crippen LogP contribution < -0.4 is 5.73 Å². The molecule has 0 saturated carbocycles. The largest absolute Gasteiger partial charge is 0.380 e. The van der Waals surface area contributed by atoms with E-state index in [4.69, 9.17) is 10.5 Å². The van der Waals surface area contributed by atoms with Crippen molar-refractivity contribution in [2.75, 3.05) is 7.11 Å². The maximum absolute atomic E-state index is 13.2. The molecule has 0 radical (unpaired) electrons. The zero-order chi connectivity index (χ0) is 11.4. The third-order valence-corrected chi connectivity index (χ3v) is 2.48. The fourth-order valence-electron chi connectivity index (χ4n) is 1.30. The van der Waals surface area contributed by atoms with E-state index in [0.717, 1.165) is 0 Å². The van der Waals surface area contributed by atoms with Gasteiger partial charge in [0.25, 0.3) is 0 Å². The lowest BCUT2D eigenvalue weighted by Crippen LogP contribution is -2.36. The Morgan fingerprint density at radius 2 is 1.87 bits per heavy atom. The van der Waals surface area contributed by atoms with Crippen molar-refractivity contribution in [1.29, 1.82) is 0 Å². The Bertz CT molecular complexity index is 310. The first-order chi connectivity index (χ1) is 7.06. The van der Waals surface area contributed by atoms with Crippen LogP contribution in [0.4, 0.5) is 8.78 Å². The molecule has 0 aliphatic heterocycles. The zero-order valence-corrected chi connectivity index (χ0v) is 8.84. The van der Waals surface area contributed by atoms with Crippen LogP contribution in [-0.2, 0) is 11.2 Å². The van der Waals surface area contributed by atoms with Crippen LogP contribution in [-0.4, -0.2) is 19.3 Å². The lowest BCUT2D eigenvalue weighted by molar-refractivity contribution is 0.0950. The minimum absolute atomic E-state index is 0.0221. The molecule has 2 unspecified atom stereocenters. The van der Waals surface area contributed by atoms with Crippen molar-refractivity contribution >= 4 is 0 Å². The fraction of sp³-hybridized carbons (Fsp3) is 0.455. The van der Waals surface area contributed by atoms with Crippen LogP contribution in [0.3, 0.4) is 0 Å². The second-order valence-electron chi connectivity index (χ2n) is 3.51. The standard InChI is InChI=1S/C11H15F2NO/c1-7(15-2)11(14)6-8-9(12)4-3-5-10(8)13/h3-5,7,11H,6,14H2,1-2H3. The molecule has 0 fully saturated rings. The molecule has 4 heteroatoms. The maximum atomic E-state index is 13.2. The van der Waals surface area contributed by atoms with E-state index in [1.165, 1.54) is 25.3 Å². The minimum atomic E-state index is -0.561. The van der Waals surface area contributed by atoms with Crippen LogP contribution in [0.15, 0.2) is 18.2 Å². The topological polar surface area (TPSA) is 35.2 Å². The highest BCUT2D eigenvalue weighted by atomic mass is 19.1. The third kappa shape index (κ3) is 2.97. The highest BCUT2D eigenvalue weighted by Gasteiger charge is 2.17. The van der Waals surface area contributed by atoms with Gasteiger partial charge in [0.1, 0.15) is 11.6 Å². The lowest BCUT2D eigenvalue weighted by atomic mass is 10.0. The summed E-state index contributed by atoms with van der Waals surface area (Å²) >= 11 is 0. The molecule has 0 amide bonds. The van der Waals surface area contributed by atoms with Crippen LogP contribution in [0.5, 0.6) is 0 Å². The summed E-state index contributed by atoms with van der Waals surface area (Å²) in [6, 6.07) is 3.37. The van der Waals surface area contributed by atoms with E-state index >= 15 is 0 Å². The number of nitrogens with two attached hydrogens (primary N) is 1. The molecule has 1 aromatic rings. The van der Waals surface area contributed by atoms with Crippen molar-refractivity contribution in [1.82, 2.24) is 0 Å². The Morgan fingerprint density at radius 1 is 1.33 bits per heavy atom. The molecule has 0 bridgehead atoms. The van der Waals surface area contributed by atoms with E-state index in [2.05, 4.69) is 0 Å². The number of halogens is 2. The van der Waals surface area contributed by atoms with Gasteiger partial charge in [-0.05, 0) is 25.5 Å². The minimum Gasteiger partial charge on any atom is -0.380 e. The molecule has 15 heavy (non-hydrogen) atoms. The monoisotopic (exact) mass is 215 g/mol. The van der Waals surface area contributed by atoms with Gasteiger partial charge in [-0.25, -0.2) is 8.78 Å². The van der Waals surface area contributed by atoms with E-state index in [0.29, 0.717) is 0 Å². The molecule has 0 spiro atoms. The highest BCUT2D eigenvalue weighted by Crippen LogP contribution is 2.15. The quantitative estimate of drug-likeness (QED) is 0.832. The number of benzene rings is 1. The Balaban J connectivity index is 2.80. The number of methoxy groups -OCH3 is 1. The predicted octanol–water partition coefficient (Wildman–Crippen LogP) is 1.87. The molecule has 0 aromatic heterocycles. The van der Waals surface area contributed by atoms with Crippen LogP contribution in [0, 0.1) is 11.6 Å². The van der Waals surface area contributed by atoms with Crippen molar-refractivity contribution in [2.45, 2.75) is 25.5 Å². The van der Waals surface area contributed by atoms with Crippen molar-refractivity contribution in [2.24, 2.45) is 5.73 Å². The van der Waals surface area contributed by atoms with Crippen LogP contribution in [0.25, 0.3) is 0 Å². The van der Waals surface area contributed by atoms with Crippen LogP contribution in [0.2, 0.25) is 0 Å². The van der Waals surface area contributed by atoms with Crippen molar-refractivity contribution in [3.05, 3.63) is 35.4 Å². The van der Waals surface area contributed by atoms with Gasteiger partial charge in [-0.1, -0.05) is 6.07 Å². The Kier molecular flexibility index (Phi) is 4.17. The molecule has 1 rings (SSSR count). The highest BCUT2D eigenvalue weighted by molar-refractivity contribution is 5.20. The van der Waals surface area contributed by atoms with Crippen LogP contribution in [0.1, 0.15) is 12.5 Å².